The van der Waals surface area contributed by atoms with Crippen LogP contribution >= 0.6 is 12.6 Å². The number of hydrogen-bond acceptors (Lipinski definition) is 2. The van der Waals surface area contributed by atoms with Gasteiger partial charge in [-0.15, -0.1) is 12.6 Å². The van der Waals surface area contributed by atoms with Crippen molar-refractivity contribution in [3.63, 3.8) is 0 Å². The highest BCUT2D eigenvalue weighted by Crippen LogP contribution is 2.30. The molecule has 0 atom stereocenters. The molecule has 0 aliphatic carbocycles. The van der Waals surface area contributed by atoms with E-state index in [9.17, 15) is 4.79 Å². The van der Waals surface area contributed by atoms with E-state index in [2.05, 4.69) is 26.5 Å². The molecule has 0 N–H and O–H groups in total. The van der Waals surface area contributed by atoms with E-state index in [1.54, 1.807) is 0 Å². The Morgan fingerprint density at radius 3 is 2.50 bits per heavy atom. The number of nitrogens with zero attached hydrogens (tertiary/aromatic N) is 1. The first kappa shape index (κ1) is 13.5. The Morgan fingerprint density at radius 2 is 1.89 bits per heavy atom. The third-order valence-corrected chi connectivity index (χ3v) is 4.13. The first-order valence-electron chi connectivity index (χ1n) is 6.48. The molecule has 0 bridgehead atoms. The van der Waals surface area contributed by atoms with Gasteiger partial charge in [0.2, 0.25) is 0 Å². The van der Waals surface area contributed by atoms with E-state index in [1.807, 2.05) is 30.0 Å². The van der Waals surface area contributed by atoms with Crippen molar-refractivity contribution >= 4 is 18.5 Å². The number of carbonyl (C=O) groups excluding carboxylic acids is 1. The predicted octanol–water partition coefficient (Wildman–Crippen LogP) is 3.55. The van der Waals surface area contributed by atoms with Crippen LogP contribution in [0.3, 0.4) is 0 Å². The monoisotopic (exact) mass is 263 g/mol. The molecule has 3 heteroatoms. The highest BCUT2D eigenvalue weighted by molar-refractivity contribution is 7.80. The van der Waals surface area contributed by atoms with Crippen LogP contribution in [0.4, 0.5) is 0 Å². The lowest BCUT2D eigenvalue weighted by Gasteiger charge is -2.37. The Balaban J connectivity index is 2.15. The number of carbonyl (C=O) groups is 1. The Kier molecular flexibility index (Phi) is 3.71. The second kappa shape index (κ2) is 4.96. The van der Waals surface area contributed by atoms with Crippen LogP contribution in [0.1, 0.15) is 42.6 Å². The summed E-state index contributed by atoms with van der Waals surface area (Å²) in [5, 5.41) is 0. The fourth-order valence-corrected chi connectivity index (χ4v) is 2.53. The van der Waals surface area contributed by atoms with E-state index >= 15 is 0 Å². The third-order valence-electron chi connectivity index (χ3n) is 3.86. The highest BCUT2D eigenvalue weighted by atomic mass is 32.1. The number of rotatable bonds is 1. The molecule has 0 radical (unpaired) electrons. The number of hydrogen-bond donors (Lipinski definition) is 1. The summed E-state index contributed by atoms with van der Waals surface area (Å²) in [6.45, 7) is 8.25. The van der Waals surface area contributed by atoms with Gasteiger partial charge >= 0.3 is 0 Å². The van der Waals surface area contributed by atoms with Crippen LogP contribution in [0, 0.1) is 12.3 Å². The van der Waals surface area contributed by atoms with Gasteiger partial charge in [-0.25, -0.2) is 0 Å². The van der Waals surface area contributed by atoms with Crippen LogP contribution < -0.4 is 0 Å². The van der Waals surface area contributed by atoms with E-state index in [0.717, 1.165) is 42.0 Å². The molecule has 1 fully saturated rings. The molecule has 1 aromatic carbocycles. The largest absolute Gasteiger partial charge is 0.339 e. The van der Waals surface area contributed by atoms with Gasteiger partial charge in [0.15, 0.2) is 0 Å². The molecule has 2 nitrogen and oxygen atoms in total. The predicted molar refractivity (Wildman–Crippen MR) is 77.3 cm³/mol. The number of thiol groups is 1. The molecule has 0 saturated carbocycles. The Bertz CT molecular complexity index is 458. The highest BCUT2D eigenvalue weighted by Gasteiger charge is 2.28. The van der Waals surface area contributed by atoms with Crippen molar-refractivity contribution in [1.29, 1.82) is 0 Å². The summed E-state index contributed by atoms with van der Waals surface area (Å²) >= 11 is 4.32. The van der Waals surface area contributed by atoms with E-state index < -0.39 is 0 Å². The van der Waals surface area contributed by atoms with Gasteiger partial charge in [-0.05, 0) is 42.9 Å². The molecule has 1 saturated heterocycles. The van der Waals surface area contributed by atoms with Crippen LogP contribution in [-0.4, -0.2) is 23.9 Å². The van der Waals surface area contributed by atoms with Crippen molar-refractivity contribution in [3.05, 3.63) is 29.3 Å². The molecule has 1 aliphatic heterocycles. The average Bonchev–Trinajstić information content (AvgIpc) is 2.31. The molecule has 1 amide bonds. The van der Waals surface area contributed by atoms with Gasteiger partial charge in [0, 0.05) is 23.5 Å². The zero-order valence-electron chi connectivity index (χ0n) is 11.4. The second-order valence-electron chi connectivity index (χ2n) is 5.96. The molecule has 98 valence electrons. The van der Waals surface area contributed by atoms with E-state index in [1.165, 1.54) is 0 Å². The minimum atomic E-state index is 0.152. The molecule has 1 aliphatic rings. The first-order chi connectivity index (χ1) is 8.39. The van der Waals surface area contributed by atoms with Gasteiger partial charge in [0.25, 0.3) is 5.91 Å². The Morgan fingerprint density at radius 1 is 1.28 bits per heavy atom. The molecule has 0 unspecified atom stereocenters. The second-order valence-corrected chi connectivity index (χ2v) is 6.47. The number of benzene rings is 1. The summed E-state index contributed by atoms with van der Waals surface area (Å²) in [5.74, 6) is 0.152. The zero-order valence-corrected chi connectivity index (χ0v) is 12.3. The van der Waals surface area contributed by atoms with E-state index in [0.29, 0.717) is 5.41 Å². The lowest BCUT2D eigenvalue weighted by Crippen LogP contribution is -2.41. The summed E-state index contributed by atoms with van der Waals surface area (Å²) in [7, 11) is 0. The average molecular weight is 263 g/mol. The molecular weight excluding hydrogens is 242 g/mol. The maximum Gasteiger partial charge on any atom is 0.254 e. The van der Waals surface area contributed by atoms with Gasteiger partial charge in [-0.2, -0.15) is 0 Å². The zero-order chi connectivity index (χ0) is 13.3. The third kappa shape index (κ3) is 2.89. The van der Waals surface area contributed by atoms with Crippen LogP contribution in [-0.2, 0) is 0 Å². The summed E-state index contributed by atoms with van der Waals surface area (Å²) < 4.78 is 0. The Hall–Kier alpha value is -0.960. The standard InChI is InChI=1S/C15H21NOS/c1-11-4-5-12(18)10-13(11)14(17)16-8-6-15(2,3)7-9-16/h4-5,10,18H,6-9H2,1-3H3. The smallest absolute Gasteiger partial charge is 0.254 e. The quantitative estimate of drug-likeness (QED) is 0.768. The number of amides is 1. The summed E-state index contributed by atoms with van der Waals surface area (Å²) in [6, 6.07) is 5.76. The van der Waals surface area contributed by atoms with Crippen molar-refractivity contribution in [2.45, 2.75) is 38.5 Å². The topological polar surface area (TPSA) is 20.3 Å². The lowest BCUT2D eigenvalue weighted by atomic mass is 9.82. The van der Waals surface area contributed by atoms with Crippen molar-refractivity contribution in [3.8, 4) is 0 Å². The molecule has 1 aromatic rings. The van der Waals surface area contributed by atoms with Gasteiger partial charge < -0.3 is 4.90 Å². The van der Waals surface area contributed by atoms with Gasteiger partial charge in [-0.3, -0.25) is 4.79 Å². The van der Waals surface area contributed by atoms with E-state index in [-0.39, 0.29) is 5.91 Å². The first-order valence-corrected chi connectivity index (χ1v) is 6.93. The van der Waals surface area contributed by atoms with Crippen molar-refractivity contribution in [2.75, 3.05) is 13.1 Å². The molecule has 0 aromatic heterocycles. The molecule has 18 heavy (non-hydrogen) atoms. The SMILES string of the molecule is Cc1ccc(S)cc1C(=O)N1CCC(C)(C)CC1. The van der Waals surface area contributed by atoms with Crippen molar-refractivity contribution < 1.29 is 4.79 Å². The van der Waals surface area contributed by atoms with Gasteiger partial charge in [-0.1, -0.05) is 19.9 Å². The summed E-state index contributed by atoms with van der Waals surface area (Å²) in [6.07, 6.45) is 2.16. The molecule has 1 heterocycles. The van der Waals surface area contributed by atoms with Gasteiger partial charge in [0.05, 0.1) is 0 Å². The fraction of sp³-hybridized carbons (Fsp3) is 0.533. The number of likely N-dealkylation sites (tertiary alicyclic amines) is 1. The summed E-state index contributed by atoms with van der Waals surface area (Å²) in [4.78, 5) is 15.3. The minimum Gasteiger partial charge on any atom is -0.339 e. The lowest BCUT2D eigenvalue weighted by molar-refractivity contribution is 0.0629. The van der Waals surface area contributed by atoms with Crippen LogP contribution in [0.15, 0.2) is 23.1 Å². The molecule has 0 spiro atoms. The summed E-state index contributed by atoms with van der Waals surface area (Å²) in [5.41, 5.74) is 2.20. The number of aryl methyl sites for hydroxylation is 1. The minimum absolute atomic E-state index is 0.152. The molecular formula is C15H21NOS. The van der Waals surface area contributed by atoms with Crippen molar-refractivity contribution in [1.82, 2.24) is 4.90 Å². The van der Waals surface area contributed by atoms with Crippen LogP contribution in [0.2, 0.25) is 0 Å². The molecule has 2 rings (SSSR count). The van der Waals surface area contributed by atoms with Crippen molar-refractivity contribution in [2.24, 2.45) is 5.41 Å². The van der Waals surface area contributed by atoms with Crippen LogP contribution in [0.5, 0.6) is 0 Å². The van der Waals surface area contributed by atoms with Crippen LogP contribution in [0.25, 0.3) is 0 Å². The van der Waals surface area contributed by atoms with E-state index in [4.69, 9.17) is 0 Å². The van der Waals surface area contributed by atoms with Gasteiger partial charge in [0.1, 0.15) is 0 Å². The fourth-order valence-electron chi connectivity index (χ4n) is 2.33. The maximum absolute atomic E-state index is 12.5. The normalized spacial score (nSPS) is 18.8. The maximum atomic E-state index is 12.5. The number of piperidine rings is 1. The Labute approximate surface area is 115 Å².